The number of aryl methyl sites for hydroxylation is 2. The summed E-state index contributed by atoms with van der Waals surface area (Å²) in [6.07, 6.45) is 1.58. The van der Waals surface area contributed by atoms with Gasteiger partial charge in [0.2, 0.25) is 10.0 Å². The first-order valence-electron chi connectivity index (χ1n) is 5.18. The monoisotopic (exact) mass is 259 g/mol. The smallest absolute Gasteiger partial charge is 0.340 e. The third-order valence-corrected chi connectivity index (χ3v) is 4.26. The summed E-state index contributed by atoms with van der Waals surface area (Å²) >= 11 is 0. The molecule has 6 nitrogen and oxygen atoms in total. The maximum atomic E-state index is 12.0. The molecule has 0 amide bonds. The van der Waals surface area contributed by atoms with E-state index in [1.54, 1.807) is 0 Å². The summed E-state index contributed by atoms with van der Waals surface area (Å²) in [6, 6.07) is -0.0729. The zero-order valence-electron chi connectivity index (χ0n) is 9.48. The summed E-state index contributed by atoms with van der Waals surface area (Å²) in [5.41, 5.74) is -0.282. The van der Waals surface area contributed by atoms with Crippen LogP contribution in [0.2, 0.25) is 0 Å². The molecule has 1 aromatic heterocycles. The molecule has 1 aromatic rings. The highest BCUT2D eigenvalue weighted by Gasteiger charge is 2.34. The SMILES string of the molecule is Cc1oc(C)c(S(=O)(=O)NC2CC2)c1C(=O)O. The maximum Gasteiger partial charge on any atom is 0.340 e. The molecule has 0 atom stereocenters. The Labute approximate surface area is 98.7 Å². The minimum atomic E-state index is -3.81. The summed E-state index contributed by atoms with van der Waals surface area (Å²) in [7, 11) is -3.81. The van der Waals surface area contributed by atoms with Crippen LogP contribution >= 0.6 is 0 Å². The number of carbonyl (C=O) groups is 1. The van der Waals surface area contributed by atoms with E-state index in [4.69, 9.17) is 9.52 Å². The van der Waals surface area contributed by atoms with E-state index in [0.29, 0.717) is 0 Å². The van der Waals surface area contributed by atoms with E-state index in [1.165, 1.54) is 13.8 Å². The van der Waals surface area contributed by atoms with Crippen molar-refractivity contribution in [2.45, 2.75) is 37.6 Å². The summed E-state index contributed by atoms with van der Waals surface area (Å²) in [5.74, 6) is -1.09. The highest BCUT2D eigenvalue weighted by Crippen LogP contribution is 2.29. The minimum absolute atomic E-state index is 0.0729. The molecule has 1 saturated carbocycles. The van der Waals surface area contributed by atoms with Crippen molar-refractivity contribution in [3.63, 3.8) is 0 Å². The van der Waals surface area contributed by atoms with E-state index < -0.39 is 16.0 Å². The van der Waals surface area contributed by atoms with Crippen molar-refractivity contribution in [2.24, 2.45) is 0 Å². The van der Waals surface area contributed by atoms with Gasteiger partial charge in [0.15, 0.2) is 0 Å². The van der Waals surface area contributed by atoms with Crippen molar-refractivity contribution < 1.29 is 22.7 Å². The van der Waals surface area contributed by atoms with Gasteiger partial charge >= 0.3 is 5.97 Å². The zero-order valence-corrected chi connectivity index (χ0v) is 10.3. The van der Waals surface area contributed by atoms with Gasteiger partial charge in [-0.1, -0.05) is 0 Å². The number of nitrogens with one attached hydrogen (secondary N) is 1. The van der Waals surface area contributed by atoms with E-state index >= 15 is 0 Å². The van der Waals surface area contributed by atoms with Gasteiger partial charge in [-0.05, 0) is 26.7 Å². The molecule has 1 heterocycles. The Kier molecular flexibility index (Phi) is 2.75. The molecular formula is C10H13NO5S. The molecular weight excluding hydrogens is 246 g/mol. The van der Waals surface area contributed by atoms with Gasteiger partial charge in [-0.3, -0.25) is 0 Å². The van der Waals surface area contributed by atoms with Gasteiger partial charge in [0.25, 0.3) is 0 Å². The Balaban J connectivity index is 2.53. The van der Waals surface area contributed by atoms with Crippen molar-refractivity contribution in [3.8, 4) is 0 Å². The second kappa shape index (κ2) is 3.85. The molecule has 1 aliphatic rings. The third-order valence-electron chi connectivity index (χ3n) is 2.59. The first kappa shape index (κ1) is 12.1. The third kappa shape index (κ3) is 2.20. The molecule has 0 aromatic carbocycles. The molecule has 2 rings (SSSR count). The van der Waals surface area contributed by atoms with E-state index in [2.05, 4.69) is 4.72 Å². The van der Waals surface area contributed by atoms with Crippen molar-refractivity contribution in [1.82, 2.24) is 4.72 Å². The van der Waals surface area contributed by atoms with Gasteiger partial charge in [0.05, 0.1) is 0 Å². The fraction of sp³-hybridized carbons (Fsp3) is 0.500. The van der Waals surface area contributed by atoms with Crippen LogP contribution in [0.4, 0.5) is 0 Å². The van der Waals surface area contributed by atoms with Crippen LogP contribution in [0.1, 0.15) is 34.7 Å². The van der Waals surface area contributed by atoms with Gasteiger partial charge in [-0.2, -0.15) is 0 Å². The lowest BCUT2D eigenvalue weighted by atomic mass is 10.2. The first-order chi connectivity index (χ1) is 7.83. The Morgan fingerprint density at radius 1 is 1.35 bits per heavy atom. The van der Waals surface area contributed by atoms with Crippen molar-refractivity contribution >= 4 is 16.0 Å². The molecule has 0 saturated heterocycles. The van der Waals surface area contributed by atoms with Gasteiger partial charge in [0, 0.05) is 6.04 Å². The highest BCUT2D eigenvalue weighted by atomic mass is 32.2. The molecule has 1 fully saturated rings. The van der Waals surface area contributed by atoms with Crippen LogP contribution in [0.3, 0.4) is 0 Å². The second-order valence-electron chi connectivity index (χ2n) is 4.12. The first-order valence-corrected chi connectivity index (χ1v) is 6.67. The Hall–Kier alpha value is -1.34. The van der Waals surface area contributed by atoms with Crippen LogP contribution in [-0.2, 0) is 10.0 Å². The highest BCUT2D eigenvalue weighted by molar-refractivity contribution is 7.89. The molecule has 0 bridgehead atoms. The minimum Gasteiger partial charge on any atom is -0.478 e. The maximum absolute atomic E-state index is 12.0. The van der Waals surface area contributed by atoms with Gasteiger partial charge < -0.3 is 9.52 Å². The molecule has 0 radical (unpaired) electrons. The van der Waals surface area contributed by atoms with Crippen molar-refractivity contribution in [2.75, 3.05) is 0 Å². The van der Waals surface area contributed by atoms with Gasteiger partial charge in [-0.25, -0.2) is 17.9 Å². The molecule has 2 N–H and O–H groups in total. The molecule has 94 valence electrons. The number of carboxylic acid groups (broad SMARTS) is 1. The van der Waals surface area contributed by atoms with E-state index in [-0.39, 0.29) is 28.0 Å². The standard InChI is InChI=1S/C10H13NO5S/c1-5-8(10(12)13)9(6(2)16-5)17(14,15)11-7-3-4-7/h7,11H,3-4H2,1-2H3,(H,12,13). The van der Waals surface area contributed by atoms with Crippen LogP contribution in [0.15, 0.2) is 9.31 Å². The fourth-order valence-electron chi connectivity index (χ4n) is 1.71. The van der Waals surface area contributed by atoms with Gasteiger partial charge in [0.1, 0.15) is 22.0 Å². The van der Waals surface area contributed by atoms with Crippen LogP contribution < -0.4 is 4.72 Å². The Bertz CT molecular complexity index is 568. The number of hydrogen-bond donors (Lipinski definition) is 2. The quantitative estimate of drug-likeness (QED) is 0.842. The predicted octanol–water partition coefficient (Wildman–Crippen LogP) is 1.04. The number of hydrogen-bond acceptors (Lipinski definition) is 4. The van der Waals surface area contributed by atoms with E-state index in [1.807, 2.05) is 0 Å². The van der Waals surface area contributed by atoms with Crippen molar-refractivity contribution in [1.29, 1.82) is 0 Å². The molecule has 0 spiro atoms. The fourth-order valence-corrected chi connectivity index (χ4v) is 3.43. The number of sulfonamides is 1. The van der Waals surface area contributed by atoms with Crippen LogP contribution in [-0.4, -0.2) is 25.5 Å². The van der Waals surface area contributed by atoms with E-state index in [9.17, 15) is 13.2 Å². The largest absolute Gasteiger partial charge is 0.478 e. The second-order valence-corrected chi connectivity index (χ2v) is 5.77. The Morgan fingerprint density at radius 2 is 1.94 bits per heavy atom. The lowest BCUT2D eigenvalue weighted by Crippen LogP contribution is -2.27. The van der Waals surface area contributed by atoms with Crippen LogP contribution in [0, 0.1) is 13.8 Å². The molecule has 17 heavy (non-hydrogen) atoms. The van der Waals surface area contributed by atoms with Crippen LogP contribution in [0.5, 0.6) is 0 Å². The molecule has 0 aliphatic heterocycles. The molecule has 7 heteroatoms. The topological polar surface area (TPSA) is 96.6 Å². The number of furan rings is 1. The number of rotatable bonds is 4. The number of aromatic carboxylic acids is 1. The van der Waals surface area contributed by atoms with Crippen LogP contribution in [0.25, 0.3) is 0 Å². The normalized spacial score (nSPS) is 16.1. The van der Waals surface area contributed by atoms with Crippen molar-refractivity contribution in [3.05, 3.63) is 17.1 Å². The number of carboxylic acids is 1. The summed E-state index contributed by atoms with van der Waals surface area (Å²) < 4.78 is 31.6. The van der Waals surface area contributed by atoms with E-state index in [0.717, 1.165) is 12.8 Å². The molecule has 0 unspecified atom stereocenters. The summed E-state index contributed by atoms with van der Waals surface area (Å²) in [4.78, 5) is 10.8. The zero-order chi connectivity index (χ0) is 12.8. The van der Waals surface area contributed by atoms with Gasteiger partial charge in [-0.15, -0.1) is 0 Å². The molecule has 1 aliphatic carbocycles. The lowest BCUT2D eigenvalue weighted by Gasteiger charge is -2.05. The lowest BCUT2D eigenvalue weighted by molar-refractivity contribution is 0.0691. The average Bonchev–Trinajstić information content (AvgIpc) is 2.89. The predicted molar refractivity (Wildman–Crippen MR) is 58.5 cm³/mol. The Morgan fingerprint density at radius 3 is 2.41 bits per heavy atom. The average molecular weight is 259 g/mol. The summed E-state index contributed by atoms with van der Waals surface area (Å²) in [6.45, 7) is 2.88. The summed E-state index contributed by atoms with van der Waals surface area (Å²) in [5, 5.41) is 9.02.